The Morgan fingerprint density at radius 1 is 1.56 bits per heavy atom. The first-order valence-corrected chi connectivity index (χ1v) is 5.42. The van der Waals surface area contributed by atoms with Gasteiger partial charge in [0, 0.05) is 6.54 Å². The zero-order valence-corrected chi connectivity index (χ0v) is 8.96. The standard InChI is InChI=1S/C12H15NO3/c14-12(11-7-4-8-13(11)15)16-9-10-5-2-1-3-6-10/h1-3,5-6,11,15H,4,7-9H2/t11-/m0/s1/i15D. The van der Waals surface area contributed by atoms with Gasteiger partial charge < -0.3 is 9.95 Å². The van der Waals surface area contributed by atoms with Crippen molar-refractivity contribution >= 4 is 5.97 Å². The maximum absolute atomic E-state index is 11.8. The first-order valence-electron chi connectivity index (χ1n) is 5.82. The predicted molar refractivity (Wildman–Crippen MR) is 57.8 cm³/mol. The van der Waals surface area contributed by atoms with Crippen LogP contribution in [0.2, 0.25) is 1.43 Å². The van der Waals surface area contributed by atoms with E-state index in [-0.39, 0.29) is 12.6 Å². The van der Waals surface area contributed by atoms with E-state index in [9.17, 15) is 4.79 Å². The Labute approximate surface area is 95.9 Å². The van der Waals surface area contributed by atoms with Gasteiger partial charge in [-0.3, -0.25) is 4.79 Å². The molecule has 1 N–H and O–H groups in total. The molecule has 4 nitrogen and oxygen atoms in total. The molecule has 4 heteroatoms. The van der Waals surface area contributed by atoms with Crippen LogP contribution in [-0.2, 0) is 16.1 Å². The summed E-state index contributed by atoms with van der Waals surface area (Å²) in [4.78, 5) is 11.8. The summed E-state index contributed by atoms with van der Waals surface area (Å²) < 4.78 is 12.0. The van der Waals surface area contributed by atoms with Gasteiger partial charge in [0.05, 0.1) is 0 Å². The lowest BCUT2D eigenvalue weighted by Gasteiger charge is -2.15. The lowest BCUT2D eigenvalue weighted by atomic mass is 10.2. The van der Waals surface area contributed by atoms with E-state index in [2.05, 4.69) is 5.21 Å². The molecular weight excluding hydrogens is 206 g/mol. The molecule has 0 aliphatic carbocycles. The number of hydrogen-bond acceptors (Lipinski definition) is 4. The number of hydroxylamine groups is 2. The van der Waals surface area contributed by atoms with Gasteiger partial charge in [0.1, 0.15) is 12.6 Å². The maximum atomic E-state index is 11.8. The van der Waals surface area contributed by atoms with Crippen molar-refractivity contribution < 1.29 is 16.2 Å². The second-order valence-corrected chi connectivity index (χ2v) is 3.89. The molecule has 0 unspecified atom stereocenters. The van der Waals surface area contributed by atoms with Crippen LogP contribution in [0.4, 0.5) is 0 Å². The van der Waals surface area contributed by atoms with Gasteiger partial charge in [0.25, 0.3) is 0 Å². The molecule has 1 aliphatic rings. The summed E-state index contributed by atoms with van der Waals surface area (Å²) in [5.74, 6) is -0.321. The highest BCUT2D eigenvalue weighted by Gasteiger charge is 2.30. The normalized spacial score (nSPS) is 21.8. The van der Waals surface area contributed by atoms with E-state index in [0.717, 1.165) is 12.0 Å². The van der Waals surface area contributed by atoms with Crippen molar-refractivity contribution in [1.82, 2.24) is 5.06 Å². The van der Waals surface area contributed by atoms with Crippen LogP contribution >= 0.6 is 0 Å². The molecule has 2 rings (SSSR count). The number of ether oxygens (including phenoxy) is 1. The van der Waals surface area contributed by atoms with Crippen molar-refractivity contribution in [3.8, 4) is 0 Å². The van der Waals surface area contributed by atoms with Gasteiger partial charge in [0.2, 0.25) is 1.43 Å². The average Bonchev–Trinajstić information content (AvgIpc) is 2.85. The predicted octanol–water partition coefficient (Wildman–Crippen LogP) is 1.58. The second-order valence-electron chi connectivity index (χ2n) is 3.89. The molecule has 1 aliphatic heterocycles. The zero-order valence-electron chi connectivity index (χ0n) is 9.96. The fourth-order valence-corrected chi connectivity index (χ4v) is 1.80. The van der Waals surface area contributed by atoms with Crippen molar-refractivity contribution in [2.75, 3.05) is 6.54 Å². The molecule has 0 spiro atoms. The Kier molecular flexibility index (Phi) is 3.12. The van der Waals surface area contributed by atoms with E-state index >= 15 is 0 Å². The van der Waals surface area contributed by atoms with Gasteiger partial charge in [-0.05, 0) is 18.4 Å². The number of esters is 1. The summed E-state index contributed by atoms with van der Waals surface area (Å²) in [6.45, 7) is 0.872. The van der Waals surface area contributed by atoms with E-state index in [1.54, 1.807) is 0 Å². The van der Waals surface area contributed by atoms with Gasteiger partial charge in [0.15, 0.2) is 0 Å². The Bertz CT molecular complexity index is 371. The number of hydrogen-bond donors (Lipinski definition) is 1. The first kappa shape index (κ1) is 9.81. The third-order valence-corrected chi connectivity index (χ3v) is 2.70. The van der Waals surface area contributed by atoms with E-state index in [4.69, 9.17) is 6.17 Å². The van der Waals surface area contributed by atoms with E-state index < -0.39 is 6.04 Å². The molecule has 1 aromatic rings. The Hall–Kier alpha value is -1.39. The van der Waals surface area contributed by atoms with Crippen LogP contribution in [0.1, 0.15) is 18.4 Å². The minimum Gasteiger partial charge on any atom is -0.460 e. The van der Waals surface area contributed by atoms with Crippen molar-refractivity contribution in [1.29, 1.82) is 0 Å². The molecule has 1 fully saturated rings. The molecule has 86 valence electrons. The summed E-state index contributed by atoms with van der Waals surface area (Å²) in [6.07, 6.45) is 1.54. The molecule has 1 saturated heterocycles. The molecule has 0 saturated carbocycles. The number of nitrogens with zero attached hydrogens (tertiary/aromatic N) is 1. The summed E-state index contributed by atoms with van der Waals surface area (Å²) in [5, 5.41) is 5.73. The number of benzene rings is 1. The van der Waals surface area contributed by atoms with Crippen molar-refractivity contribution in [2.24, 2.45) is 0 Å². The summed E-state index contributed by atoms with van der Waals surface area (Å²) >= 11 is 0. The van der Waals surface area contributed by atoms with Crippen molar-refractivity contribution in [3.63, 3.8) is 0 Å². The van der Waals surface area contributed by atoms with Gasteiger partial charge in [-0.2, -0.15) is 5.06 Å². The molecule has 0 amide bonds. The van der Waals surface area contributed by atoms with E-state index in [1.807, 2.05) is 30.3 Å². The summed E-state index contributed by atoms with van der Waals surface area (Å²) in [6, 6.07) is 9.09. The molecule has 0 aromatic heterocycles. The van der Waals surface area contributed by atoms with Gasteiger partial charge >= 0.3 is 5.97 Å². The summed E-state index contributed by atoms with van der Waals surface area (Å²) in [5.41, 5.74) is 0.956. The van der Waals surface area contributed by atoms with Crippen molar-refractivity contribution in [2.45, 2.75) is 25.5 Å². The lowest BCUT2D eigenvalue weighted by Crippen LogP contribution is -2.34. The molecular formula is C12H15NO3. The monoisotopic (exact) mass is 222 g/mol. The van der Waals surface area contributed by atoms with Gasteiger partial charge in [-0.15, -0.1) is 0 Å². The third kappa shape index (κ3) is 2.59. The molecule has 1 aromatic carbocycles. The Balaban J connectivity index is 1.85. The SMILES string of the molecule is [2H]ON1CCC[C@H]1C(=O)OCc1ccccc1. The Morgan fingerprint density at radius 2 is 2.38 bits per heavy atom. The summed E-state index contributed by atoms with van der Waals surface area (Å²) in [7, 11) is 0. The third-order valence-electron chi connectivity index (χ3n) is 2.70. The fourth-order valence-electron chi connectivity index (χ4n) is 1.80. The number of carbonyl (C=O) groups excluding carboxylic acids is 1. The van der Waals surface area contributed by atoms with Crippen LogP contribution < -0.4 is 0 Å². The highest BCUT2D eigenvalue weighted by molar-refractivity contribution is 5.75. The molecule has 0 bridgehead atoms. The number of rotatable bonds is 4. The van der Waals surface area contributed by atoms with Crippen molar-refractivity contribution in [3.05, 3.63) is 35.9 Å². The molecule has 1 heterocycles. The van der Waals surface area contributed by atoms with Crippen LogP contribution in [0, 0.1) is 0 Å². The van der Waals surface area contributed by atoms with Crippen LogP contribution in [-0.4, -0.2) is 28.8 Å². The topological polar surface area (TPSA) is 49.8 Å². The lowest BCUT2D eigenvalue weighted by molar-refractivity contribution is -0.168. The minimum absolute atomic E-state index is 0.266. The van der Waals surface area contributed by atoms with Crippen LogP contribution in [0.15, 0.2) is 30.3 Å². The second kappa shape index (κ2) is 5.09. The minimum atomic E-state index is -0.434. The highest BCUT2D eigenvalue weighted by atomic mass is 16.6. The fraction of sp³-hybridized carbons (Fsp3) is 0.417. The van der Waals surface area contributed by atoms with E-state index in [0.29, 0.717) is 13.0 Å². The number of carbonyl (C=O) groups is 1. The zero-order chi connectivity index (χ0) is 12.1. The quantitative estimate of drug-likeness (QED) is 0.786. The molecule has 16 heavy (non-hydrogen) atoms. The molecule has 0 radical (unpaired) electrons. The smallest absolute Gasteiger partial charge is 0.326 e. The van der Waals surface area contributed by atoms with E-state index in [1.165, 1.54) is 5.06 Å². The maximum Gasteiger partial charge on any atom is 0.326 e. The average molecular weight is 222 g/mol. The largest absolute Gasteiger partial charge is 0.460 e. The van der Waals surface area contributed by atoms with Gasteiger partial charge in [-0.1, -0.05) is 30.3 Å². The van der Waals surface area contributed by atoms with Gasteiger partial charge in [-0.25, -0.2) is 0 Å². The first-order chi connectivity index (χ1) is 8.31. The van der Waals surface area contributed by atoms with Crippen LogP contribution in [0.5, 0.6) is 0 Å². The highest BCUT2D eigenvalue weighted by Crippen LogP contribution is 2.16. The van der Waals surface area contributed by atoms with Crippen LogP contribution in [0.25, 0.3) is 0 Å². The van der Waals surface area contributed by atoms with Crippen LogP contribution in [0.3, 0.4) is 0 Å². The Morgan fingerprint density at radius 3 is 3.12 bits per heavy atom. The molecule has 1 atom stereocenters.